The maximum Gasteiger partial charge on any atom is 0.148 e. The summed E-state index contributed by atoms with van der Waals surface area (Å²) < 4.78 is 0. The van der Waals surface area contributed by atoms with Crippen molar-refractivity contribution >= 4 is 11.6 Å². The van der Waals surface area contributed by atoms with Gasteiger partial charge in [-0.1, -0.05) is 13.8 Å². The SMILES string of the molecule is CNc1nc(C(C)C)nc(NN)c1C. The fraction of sp³-hybridized carbons (Fsp3) is 0.556. The second-order valence-corrected chi connectivity index (χ2v) is 3.45. The van der Waals surface area contributed by atoms with Crippen LogP contribution in [0.4, 0.5) is 11.6 Å². The molecule has 1 aromatic rings. The van der Waals surface area contributed by atoms with Crippen molar-refractivity contribution in [3.63, 3.8) is 0 Å². The van der Waals surface area contributed by atoms with E-state index in [2.05, 4.69) is 20.7 Å². The summed E-state index contributed by atoms with van der Waals surface area (Å²) in [6.07, 6.45) is 0. The summed E-state index contributed by atoms with van der Waals surface area (Å²) in [4.78, 5) is 8.69. The van der Waals surface area contributed by atoms with Gasteiger partial charge in [0.15, 0.2) is 0 Å². The lowest BCUT2D eigenvalue weighted by molar-refractivity contribution is 0.774. The number of nitrogens with two attached hydrogens (primary N) is 1. The summed E-state index contributed by atoms with van der Waals surface area (Å²) in [5.41, 5.74) is 3.50. The van der Waals surface area contributed by atoms with Crippen LogP contribution in [0.25, 0.3) is 0 Å². The van der Waals surface area contributed by atoms with Crippen molar-refractivity contribution in [2.45, 2.75) is 26.7 Å². The van der Waals surface area contributed by atoms with E-state index in [-0.39, 0.29) is 5.92 Å². The summed E-state index contributed by atoms with van der Waals surface area (Å²) in [6.45, 7) is 6.01. The Labute approximate surface area is 84.1 Å². The van der Waals surface area contributed by atoms with Gasteiger partial charge >= 0.3 is 0 Å². The van der Waals surface area contributed by atoms with Gasteiger partial charge in [-0.15, -0.1) is 0 Å². The first-order valence-corrected chi connectivity index (χ1v) is 4.63. The highest BCUT2D eigenvalue weighted by Gasteiger charge is 2.10. The van der Waals surface area contributed by atoms with E-state index >= 15 is 0 Å². The predicted molar refractivity (Wildman–Crippen MR) is 58.2 cm³/mol. The van der Waals surface area contributed by atoms with Crippen molar-refractivity contribution < 1.29 is 0 Å². The van der Waals surface area contributed by atoms with Gasteiger partial charge in [0.25, 0.3) is 0 Å². The summed E-state index contributed by atoms with van der Waals surface area (Å²) in [6, 6.07) is 0. The third-order valence-corrected chi connectivity index (χ3v) is 2.05. The van der Waals surface area contributed by atoms with Gasteiger partial charge in [0.05, 0.1) is 0 Å². The van der Waals surface area contributed by atoms with Crippen molar-refractivity contribution in [3.8, 4) is 0 Å². The monoisotopic (exact) mass is 195 g/mol. The first kappa shape index (κ1) is 10.7. The third-order valence-electron chi connectivity index (χ3n) is 2.05. The maximum atomic E-state index is 5.38. The minimum atomic E-state index is 0.287. The molecule has 0 spiro atoms. The summed E-state index contributed by atoms with van der Waals surface area (Å²) in [5.74, 6) is 7.94. The van der Waals surface area contributed by atoms with Crippen LogP contribution in [-0.2, 0) is 0 Å². The Morgan fingerprint density at radius 1 is 1.21 bits per heavy atom. The first-order chi connectivity index (χ1) is 6.60. The number of rotatable bonds is 3. The molecule has 0 unspecified atom stereocenters. The van der Waals surface area contributed by atoms with Gasteiger partial charge in [0, 0.05) is 18.5 Å². The zero-order valence-corrected chi connectivity index (χ0v) is 9.05. The van der Waals surface area contributed by atoms with Crippen LogP contribution >= 0.6 is 0 Å². The summed E-state index contributed by atoms with van der Waals surface area (Å²) >= 11 is 0. The molecule has 1 rings (SSSR count). The molecular formula is C9H17N5. The van der Waals surface area contributed by atoms with E-state index < -0.39 is 0 Å². The number of hydrogen-bond acceptors (Lipinski definition) is 5. The molecule has 1 heterocycles. The fourth-order valence-corrected chi connectivity index (χ4v) is 1.18. The molecule has 0 aromatic carbocycles. The molecule has 0 amide bonds. The molecule has 0 aliphatic carbocycles. The van der Waals surface area contributed by atoms with E-state index in [4.69, 9.17) is 5.84 Å². The van der Waals surface area contributed by atoms with E-state index in [0.29, 0.717) is 5.82 Å². The molecule has 4 N–H and O–H groups in total. The van der Waals surface area contributed by atoms with E-state index in [1.807, 2.05) is 27.8 Å². The van der Waals surface area contributed by atoms with Gasteiger partial charge in [-0.25, -0.2) is 15.8 Å². The van der Waals surface area contributed by atoms with E-state index in [1.165, 1.54) is 0 Å². The van der Waals surface area contributed by atoms with Crippen LogP contribution in [-0.4, -0.2) is 17.0 Å². The Morgan fingerprint density at radius 2 is 1.79 bits per heavy atom. The number of nitrogens with zero attached hydrogens (tertiary/aromatic N) is 2. The Kier molecular flexibility index (Phi) is 3.24. The highest BCUT2D eigenvalue weighted by atomic mass is 15.3. The van der Waals surface area contributed by atoms with Crippen molar-refractivity contribution in [1.82, 2.24) is 9.97 Å². The number of anilines is 2. The number of hydrogen-bond donors (Lipinski definition) is 3. The van der Waals surface area contributed by atoms with Gasteiger partial charge in [-0.2, -0.15) is 0 Å². The number of nitrogens with one attached hydrogen (secondary N) is 2. The Morgan fingerprint density at radius 3 is 2.21 bits per heavy atom. The van der Waals surface area contributed by atoms with Crippen LogP contribution in [0.15, 0.2) is 0 Å². The summed E-state index contributed by atoms with van der Waals surface area (Å²) in [5, 5.41) is 3.02. The van der Waals surface area contributed by atoms with Crippen molar-refractivity contribution in [2.24, 2.45) is 5.84 Å². The molecule has 0 atom stereocenters. The second-order valence-electron chi connectivity index (χ2n) is 3.45. The van der Waals surface area contributed by atoms with Crippen LogP contribution in [0.2, 0.25) is 0 Å². The molecular weight excluding hydrogens is 178 g/mol. The lowest BCUT2D eigenvalue weighted by atomic mass is 10.2. The van der Waals surface area contributed by atoms with E-state index in [0.717, 1.165) is 17.2 Å². The Balaban J connectivity index is 3.25. The molecule has 0 bridgehead atoms. The van der Waals surface area contributed by atoms with E-state index in [1.54, 1.807) is 0 Å². The first-order valence-electron chi connectivity index (χ1n) is 4.63. The van der Waals surface area contributed by atoms with Crippen molar-refractivity contribution in [3.05, 3.63) is 11.4 Å². The maximum absolute atomic E-state index is 5.38. The smallest absolute Gasteiger partial charge is 0.148 e. The average Bonchev–Trinajstić information content (AvgIpc) is 2.17. The topological polar surface area (TPSA) is 75.9 Å². The molecule has 78 valence electrons. The van der Waals surface area contributed by atoms with Gasteiger partial charge in [0.1, 0.15) is 17.5 Å². The van der Waals surface area contributed by atoms with Crippen LogP contribution in [0.5, 0.6) is 0 Å². The van der Waals surface area contributed by atoms with Crippen LogP contribution in [0.3, 0.4) is 0 Å². The molecule has 14 heavy (non-hydrogen) atoms. The van der Waals surface area contributed by atoms with Gasteiger partial charge in [-0.05, 0) is 6.92 Å². The fourth-order valence-electron chi connectivity index (χ4n) is 1.18. The van der Waals surface area contributed by atoms with Crippen LogP contribution in [0, 0.1) is 6.92 Å². The average molecular weight is 195 g/mol. The zero-order valence-electron chi connectivity index (χ0n) is 9.05. The molecule has 5 nitrogen and oxygen atoms in total. The molecule has 0 saturated carbocycles. The zero-order chi connectivity index (χ0) is 10.7. The predicted octanol–water partition coefficient (Wildman–Crippen LogP) is 1.24. The highest BCUT2D eigenvalue weighted by Crippen LogP contribution is 2.21. The van der Waals surface area contributed by atoms with Crippen LogP contribution in [0.1, 0.15) is 31.2 Å². The second kappa shape index (κ2) is 4.23. The molecule has 0 aliphatic rings. The number of hydrazine groups is 1. The lowest BCUT2D eigenvalue weighted by Crippen LogP contribution is -2.14. The molecule has 0 radical (unpaired) electrons. The van der Waals surface area contributed by atoms with E-state index in [9.17, 15) is 0 Å². The Hall–Kier alpha value is -1.36. The molecule has 5 heteroatoms. The van der Waals surface area contributed by atoms with Crippen molar-refractivity contribution in [1.29, 1.82) is 0 Å². The van der Waals surface area contributed by atoms with Crippen LogP contribution < -0.4 is 16.6 Å². The Bertz CT molecular complexity index is 296. The molecule has 0 fully saturated rings. The minimum Gasteiger partial charge on any atom is -0.373 e. The number of nitrogen functional groups attached to an aromatic ring is 1. The van der Waals surface area contributed by atoms with Crippen molar-refractivity contribution in [2.75, 3.05) is 17.8 Å². The summed E-state index contributed by atoms with van der Waals surface area (Å²) in [7, 11) is 1.83. The largest absolute Gasteiger partial charge is 0.373 e. The van der Waals surface area contributed by atoms with Gasteiger partial charge < -0.3 is 10.7 Å². The molecule has 0 aliphatic heterocycles. The standard InChI is InChI=1S/C9H17N5/c1-5(2)7-12-8(11-4)6(3)9(13-7)14-10/h5H,10H2,1-4H3,(H2,11,12,13,14). The normalized spacial score (nSPS) is 10.4. The van der Waals surface area contributed by atoms with Gasteiger partial charge in [0.2, 0.25) is 0 Å². The molecule has 1 aromatic heterocycles. The number of aromatic nitrogens is 2. The highest BCUT2D eigenvalue weighted by molar-refractivity contribution is 5.56. The lowest BCUT2D eigenvalue weighted by Gasteiger charge is -2.12. The minimum absolute atomic E-state index is 0.287. The third kappa shape index (κ3) is 1.93. The molecule has 0 saturated heterocycles. The van der Waals surface area contributed by atoms with Gasteiger partial charge in [-0.3, -0.25) is 0 Å². The quantitative estimate of drug-likeness (QED) is 0.499.